The number of methoxy groups -OCH3 is 1. The predicted octanol–water partition coefficient (Wildman–Crippen LogP) is 1.45. The molecule has 1 amide bonds. The number of rotatable bonds is 4. The van der Waals surface area contributed by atoms with Crippen LogP contribution in [-0.2, 0) is 11.2 Å². The van der Waals surface area contributed by atoms with Gasteiger partial charge in [-0.1, -0.05) is 12.1 Å². The fourth-order valence-electron chi connectivity index (χ4n) is 2.58. The van der Waals surface area contributed by atoms with E-state index >= 15 is 0 Å². The van der Waals surface area contributed by atoms with E-state index in [1.807, 2.05) is 6.07 Å². The van der Waals surface area contributed by atoms with Crippen LogP contribution in [-0.4, -0.2) is 33.2 Å². The van der Waals surface area contributed by atoms with Gasteiger partial charge in [-0.3, -0.25) is 4.79 Å². The highest BCUT2D eigenvalue weighted by Gasteiger charge is 2.17. The Morgan fingerprint density at radius 1 is 1.42 bits per heavy atom. The van der Waals surface area contributed by atoms with E-state index in [4.69, 9.17) is 4.74 Å². The minimum Gasteiger partial charge on any atom is -0.496 e. The third-order valence-corrected chi connectivity index (χ3v) is 3.75. The lowest BCUT2D eigenvalue weighted by Gasteiger charge is -2.23. The summed E-state index contributed by atoms with van der Waals surface area (Å²) in [5.41, 5.74) is 2.26. The molecule has 4 nitrogen and oxygen atoms in total. The van der Waals surface area contributed by atoms with Crippen molar-refractivity contribution in [3.05, 3.63) is 29.3 Å². The first-order valence-electron chi connectivity index (χ1n) is 6.82. The average Bonchev–Trinajstić information content (AvgIpc) is 2.48. The molecule has 2 rings (SSSR count). The highest BCUT2D eigenvalue weighted by atomic mass is 16.5. The number of carbonyl (C=O) groups excluding carboxylic acids is 1. The Bertz CT molecular complexity index is 440. The van der Waals surface area contributed by atoms with E-state index in [-0.39, 0.29) is 5.91 Å². The van der Waals surface area contributed by atoms with Crippen LogP contribution in [0.1, 0.15) is 29.9 Å². The quantitative estimate of drug-likeness (QED) is 0.863. The molecule has 1 aliphatic rings. The number of likely N-dealkylation sites (N-methyl/N-ethyl adjacent to an activating group) is 1. The number of ether oxygens (including phenoxy) is 1. The molecule has 0 bridgehead atoms. The molecule has 1 aromatic carbocycles. The van der Waals surface area contributed by atoms with E-state index in [2.05, 4.69) is 22.8 Å². The summed E-state index contributed by atoms with van der Waals surface area (Å²) in [7, 11) is 3.31. The van der Waals surface area contributed by atoms with Crippen molar-refractivity contribution in [1.29, 1.82) is 0 Å². The molecular weight excluding hydrogens is 240 g/mol. The van der Waals surface area contributed by atoms with E-state index in [9.17, 15) is 4.79 Å². The van der Waals surface area contributed by atoms with Crippen LogP contribution >= 0.6 is 0 Å². The highest BCUT2D eigenvalue weighted by molar-refractivity contribution is 5.79. The van der Waals surface area contributed by atoms with Crippen molar-refractivity contribution >= 4 is 5.91 Å². The SMILES string of the molecule is CNC(=O)Cc1ccc(C2CCNCC2)cc1OC. The lowest BCUT2D eigenvalue weighted by molar-refractivity contribution is -0.119. The summed E-state index contributed by atoms with van der Waals surface area (Å²) in [5, 5.41) is 6.01. The zero-order chi connectivity index (χ0) is 13.7. The molecule has 104 valence electrons. The fourth-order valence-corrected chi connectivity index (χ4v) is 2.58. The largest absolute Gasteiger partial charge is 0.496 e. The lowest BCUT2D eigenvalue weighted by Crippen LogP contribution is -2.26. The number of hydrogen-bond donors (Lipinski definition) is 2. The highest BCUT2D eigenvalue weighted by Crippen LogP contribution is 2.30. The minimum atomic E-state index is 0.00733. The third-order valence-electron chi connectivity index (χ3n) is 3.75. The number of carbonyl (C=O) groups is 1. The van der Waals surface area contributed by atoms with E-state index in [1.165, 1.54) is 5.56 Å². The first-order chi connectivity index (χ1) is 9.24. The van der Waals surface area contributed by atoms with Crippen LogP contribution in [0.3, 0.4) is 0 Å². The summed E-state index contributed by atoms with van der Waals surface area (Å²) in [5.74, 6) is 1.43. The number of nitrogens with one attached hydrogen (secondary N) is 2. The summed E-state index contributed by atoms with van der Waals surface area (Å²) in [6.07, 6.45) is 2.70. The van der Waals surface area contributed by atoms with Gasteiger partial charge in [-0.2, -0.15) is 0 Å². The molecule has 0 aliphatic carbocycles. The first kappa shape index (κ1) is 13.9. The molecule has 0 unspecified atom stereocenters. The normalized spacial score (nSPS) is 16.1. The molecule has 1 saturated heterocycles. The van der Waals surface area contributed by atoms with Crippen LogP contribution in [0.25, 0.3) is 0 Å². The van der Waals surface area contributed by atoms with Gasteiger partial charge in [-0.15, -0.1) is 0 Å². The van der Waals surface area contributed by atoms with Crippen molar-refractivity contribution < 1.29 is 9.53 Å². The molecule has 1 aliphatic heterocycles. The number of piperidine rings is 1. The lowest BCUT2D eigenvalue weighted by atomic mass is 9.89. The maximum atomic E-state index is 11.5. The molecule has 4 heteroatoms. The van der Waals surface area contributed by atoms with Gasteiger partial charge in [0.1, 0.15) is 5.75 Å². The molecule has 0 radical (unpaired) electrons. The molecule has 0 saturated carbocycles. The standard InChI is InChI=1S/C15H22N2O2/c1-16-15(18)10-13-4-3-12(9-14(13)19-2)11-5-7-17-8-6-11/h3-4,9,11,17H,5-8,10H2,1-2H3,(H,16,18). The van der Waals surface area contributed by atoms with E-state index in [1.54, 1.807) is 14.2 Å². The van der Waals surface area contributed by atoms with Gasteiger partial charge in [0.2, 0.25) is 5.91 Å². The van der Waals surface area contributed by atoms with Crippen LogP contribution in [0.5, 0.6) is 5.75 Å². The molecule has 1 heterocycles. The van der Waals surface area contributed by atoms with Crippen LogP contribution in [0.2, 0.25) is 0 Å². The second kappa shape index (κ2) is 6.57. The van der Waals surface area contributed by atoms with E-state index in [0.717, 1.165) is 37.2 Å². The second-order valence-corrected chi connectivity index (χ2v) is 4.95. The van der Waals surface area contributed by atoms with Crippen molar-refractivity contribution in [2.75, 3.05) is 27.2 Å². The van der Waals surface area contributed by atoms with Gasteiger partial charge in [0, 0.05) is 12.6 Å². The summed E-state index contributed by atoms with van der Waals surface area (Å²) in [6, 6.07) is 6.25. The van der Waals surface area contributed by atoms with Gasteiger partial charge in [0.05, 0.1) is 13.5 Å². The van der Waals surface area contributed by atoms with Crippen LogP contribution in [0.15, 0.2) is 18.2 Å². The van der Waals surface area contributed by atoms with E-state index < -0.39 is 0 Å². The molecule has 1 fully saturated rings. The van der Waals surface area contributed by atoms with E-state index in [0.29, 0.717) is 12.3 Å². The minimum absolute atomic E-state index is 0.00733. The van der Waals surface area contributed by atoms with Crippen molar-refractivity contribution in [3.8, 4) is 5.75 Å². The molecule has 0 aromatic heterocycles. The van der Waals surface area contributed by atoms with Gasteiger partial charge in [-0.25, -0.2) is 0 Å². The van der Waals surface area contributed by atoms with Crippen LogP contribution in [0.4, 0.5) is 0 Å². The summed E-state index contributed by atoms with van der Waals surface area (Å²) in [4.78, 5) is 11.5. The summed E-state index contributed by atoms with van der Waals surface area (Å²) in [6.45, 7) is 2.15. The Labute approximate surface area is 114 Å². The Hall–Kier alpha value is -1.55. The molecule has 1 aromatic rings. The summed E-state index contributed by atoms with van der Waals surface area (Å²) < 4.78 is 5.43. The van der Waals surface area contributed by atoms with Gasteiger partial charge in [0.25, 0.3) is 0 Å². The third kappa shape index (κ3) is 3.47. The molecule has 0 spiro atoms. The predicted molar refractivity (Wildman–Crippen MR) is 75.6 cm³/mol. The average molecular weight is 262 g/mol. The fraction of sp³-hybridized carbons (Fsp3) is 0.533. The Morgan fingerprint density at radius 3 is 2.79 bits per heavy atom. The Kier molecular flexibility index (Phi) is 4.80. The molecule has 19 heavy (non-hydrogen) atoms. The van der Waals surface area contributed by atoms with Crippen LogP contribution < -0.4 is 15.4 Å². The smallest absolute Gasteiger partial charge is 0.224 e. The maximum absolute atomic E-state index is 11.5. The van der Waals surface area contributed by atoms with Crippen LogP contribution in [0, 0.1) is 0 Å². The zero-order valence-corrected chi connectivity index (χ0v) is 11.7. The Morgan fingerprint density at radius 2 is 2.16 bits per heavy atom. The second-order valence-electron chi connectivity index (χ2n) is 4.95. The number of benzene rings is 1. The zero-order valence-electron chi connectivity index (χ0n) is 11.7. The molecule has 2 N–H and O–H groups in total. The monoisotopic (exact) mass is 262 g/mol. The Balaban J connectivity index is 2.17. The first-order valence-corrected chi connectivity index (χ1v) is 6.82. The number of amides is 1. The van der Waals surface area contributed by atoms with Gasteiger partial charge in [0.15, 0.2) is 0 Å². The van der Waals surface area contributed by atoms with Crippen molar-refractivity contribution in [1.82, 2.24) is 10.6 Å². The number of hydrogen-bond acceptors (Lipinski definition) is 3. The molecule has 0 atom stereocenters. The topological polar surface area (TPSA) is 50.4 Å². The van der Waals surface area contributed by atoms with Crippen molar-refractivity contribution in [3.63, 3.8) is 0 Å². The summed E-state index contributed by atoms with van der Waals surface area (Å²) >= 11 is 0. The molecular formula is C15H22N2O2. The van der Waals surface area contributed by atoms with Gasteiger partial charge < -0.3 is 15.4 Å². The van der Waals surface area contributed by atoms with Crippen molar-refractivity contribution in [2.45, 2.75) is 25.2 Å². The van der Waals surface area contributed by atoms with Crippen molar-refractivity contribution in [2.24, 2.45) is 0 Å². The van der Waals surface area contributed by atoms with Gasteiger partial charge >= 0.3 is 0 Å². The maximum Gasteiger partial charge on any atom is 0.224 e. The van der Waals surface area contributed by atoms with Gasteiger partial charge in [-0.05, 0) is 43.5 Å².